The van der Waals surface area contributed by atoms with Crippen molar-refractivity contribution in [2.75, 3.05) is 66.4 Å². The first-order chi connectivity index (χ1) is 11.3. The first kappa shape index (κ1) is 20.2. The van der Waals surface area contributed by atoms with E-state index in [0.29, 0.717) is 33.0 Å². The van der Waals surface area contributed by atoms with Crippen LogP contribution in [0.1, 0.15) is 26.2 Å². The zero-order valence-corrected chi connectivity index (χ0v) is 14.6. The molecule has 23 heavy (non-hydrogen) atoms. The Labute approximate surface area is 139 Å². The first-order valence-electron chi connectivity index (χ1n) is 8.54. The van der Waals surface area contributed by atoms with Gasteiger partial charge in [0.15, 0.2) is 5.96 Å². The summed E-state index contributed by atoms with van der Waals surface area (Å²) >= 11 is 0. The van der Waals surface area contributed by atoms with E-state index in [-0.39, 0.29) is 12.0 Å². The molecule has 1 aliphatic rings. The quantitative estimate of drug-likeness (QED) is 0.272. The fourth-order valence-corrected chi connectivity index (χ4v) is 2.50. The molecule has 136 valence electrons. The minimum absolute atomic E-state index is 0.0135. The van der Waals surface area contributed by atoms with E-state index in [4.69, 9.17) is 14.2 Å². The molecule has 1 aliphatic heterocycles. The minimum atomic E-state index is -0.0135. The molecule has 0 spiro atoms. The fourth-order valence-electron chi connectivity index (χ4n) is 2.50. The van der Waals surface area contributed by atoms with E-state index in [2.05, 4.69) is 15.6 Å². The average Bonchev–Trinajstić information content (AvgIpc) is 3.01. The third-order valence-electron chi connectivity index (χ3n) is 3.93. The summed E-state index contributed by atoms with van der Waals surface area (Å²) in [4.78, 5) is 4.68. The molecule has 0 aromatic heterocycles. The average molecular weight is 331 g/mol. The highest BCUT2D eigenvalue weighted by Gasteiger charge is 2.34. The highest BCUT2D eigenvalue weighted by atomic mass is 16.5. The van der Waals surface area contributed by atoms with Crippen molar-refractivity contribution >= 4 is 5.96 Å². The summed E-state index contributed by atoms with van der Waals surface area (Å²) in [5, 5.41) is 15.8. The van der Waals surface area contributed by atoms with Gasteiger partial charge >= 0.3 is 0 Å². The van der Waals surface area contributed by atoms with Crippen molar-refractivity contribution in [2.45, 2.75) is 26.2 Å². The third kappa shape index (κ3) is 8.50. The maximum absolute atomic E-state index is 9.26. The van der Waals surface area contributed by atoms with E-state index >= 15 is 0 Å². The van der Waals surface area contributed by atoms with Crippen LogP contribution in [-0.4, -0.2) is 77.5 Å². The zero-order chi connectivity index (χ0) is 16.8. The molecule has 1 fully saturated rings. The fraction of sp³-hybridized carbons (Fsp3) is 0.938. The first-order valence-corrected chi connectivity index (χ1v) is 8.54. The minimum Gasteiger partial charge on any atom is -0.396 e. The molecule has 0 radical (unpaired) electrons. The lowest BCUT2D eigenvalue weighted by molar-refractivity contribution is 0.0698. The number of hydrogen-bond acceptors (Lipinski definition) is 5. The van der Waals surface area contributed by atoms with Crippen molar-refractivity contribution in [1.82, 2.24) is 10.6 Å². The summed E-state index contributed by atoms with van der Waals surface area (Å²) in [6, 6.07) is 0. The molecule has 0 aromatic carbocycles. The van der Waals surface area contributed by atoms with Gasteiger partial charge in [-0.05, 0) is 26.2 Å². The number of ether oxygens (including phenoxy) is 3. The number of hydrogen-bond donors (Lipinski definition) is 3. The monoisotopic (exact) mass is 331 g/mol. The van der Waals surface area contributed by atoms with E-state index in [1.54, 1.807) is 7.11 Å². The molecule has 1 atom stereocenters. The predicted molar refractivity (Wildman–Crippen MR) is 90.9 cm³/mol. The van der Waals surface area contributed by atoms with Gasteiger partial charge in [0.05, 0.1) is 26.4 Å². The van der Waals surface area contributed by atoms with Crippen LogP contribution in [0.25, 0.3) is 0 Å². The summed E-state index contributed by atoms with van der Waals surface area (Å²) in [7, 11) is 1.67. The third-order valence-corrected chi connectivity index (χ3v) is 3.93. The van der Waals surface area contributed by atoms with E-state index < -0.39 is 0 Å². The molecular formula is C16H33N3O4. The van der Waals surface area contributed by atoms with Crippen LogP contribution >= 0.6 is 0 Å². The van der Waals surface area contributed by atoms with Crippen LogP contribution in [0.3, 0.4) is 0 Å². The summed E-state index contributed by atoms with van der Waals surface area (Å²) in [6.07, 6.45) is 2.62. The Kier molecular flexibility index (Phi) is 11.0. The van der Waals surface area contributed by atoms with Gasteiger partial charge in [0.25, 0.3) is 0 Å². The van der Waals surface area contributed by atoms with Gasteiger partial charge in [0, 0.05) is 45.4 Å². The van der Waals surface area contributed by atoms with Crippen LogP contribution < -0.4 is 10.6 Å². The molecule has 0 aliphatic carbocycles. The number of methoxy groups -OCH3 is 1. The summed E-state index contributed by atoms with van der Waals surface area (Å²) in [5.41, 5.74) is -0.0135. The van der Waals surface area contributed by atoms with Crippen molar-refractivity contribution in [3.8, 4) is 0 Å². The molecule has 7 heteroatoms. The van der Waals surface area contributed by atoms with Crippen molar-refractivity contribution in [1.29, 1.82) is 0 Å². The van der Waals surface area contributed by atoms with Crippen molar-refractivity contribution in [3.63, 3.8) is 0 Å². The molecule has 0 aromatic rings. The number of aliphatic hydroxyl groups is 1. The number of nitrogens with one attached hydrogen (secondary N) is 2. The number of aliphatic hydroxyl groups excluding tert-OH is 1. The van der Waals surface area contributed by atoms with Crippen LogP contribution in [0.2, 0.25) is 0 Å². The van der Waals surface area contributed by atoms with E-state index in [9.17, 15) is 5.11 Å². The Hall–Kier alpha value is -0.890. The van der Waals surface area contributed by atoms with Gasteiger partial charge in [-0.15, -0.1) is 0 Å². The smallest absolute Gasteiger partial charge is 0.191 e. The molecule has 0 saturated carbocycles. The second-order valence-corrected chi connectivity index (χ2v) is 5.86. The lowest BCUT2D eigenvalue weighted by atomic mass is 9.84. The molecule has 0 amide bonds. The number of rotatable bonds is 12. The maximum Gasteiger partial charge on any atom is 0.191 e. The van der Waals surface area contributed by atoms with Gasteiger partial charge in [0.2, 0.25) is 0 Å². The van der Waals surface area contributed by atoms with Gasteiger partial charge < -0.3 is 30.0 Å². The van der Waals surface area contributed by atoms with Crippen LogP contribution in [0, 0.1) is 5.41 Å². The van der Waals surface area contributed by atoms with E-state index in [0.717, 1.165) is 44.9 Å². The summed E-state index contributed by atoms with van der Waals surface area (Å²) in [5.74, 6) is 0.814. The molecule has 7 nitrogen and oxygen atoms in total. The Morgan fingerprint density at radius 1 is 1.30 bits per heavy atom. The molecule has 1 heterocycles. The van der Waals surface area contributed by atoms with Crippen molar-refractivity contribution in [2.24, 2.45) is 10.4 Å². The topological polar surface area (TPSA) is 84.3 Å². The van der Waals surface area contributed by atoms with Crippen LogP contribution in [0.15, 0.2) is 4.99 Å². The molecule has 1 saturated heterocycles. The molecular weight excluding hydrogens is 298 g/mol. The van der Waals surface area contributed by atoms with Gasteiger partial charge in [-0.1, -0.05) is 0 Å². The van der Waals surface area contributed by atoms with Crippen LogP contribution in [-0.2, 0) is 14.2 Å². The highest BCUT2D eigenvalue weighted by Crippen LogP contribution is 2.32. The zero-order valence-electron chi connectivity index (χ0n) is 14.6. The van der Waals surface area contributed by atoms with E-state index in [1.165, 1.54) is 0 Å². The van der Waals surface area contributed by atoms with E-state index in [1.807, 2.05) is 6.92 Å². The molecule has 1 rings (SSSR count). The van der Waals surface area contributed by atoms with Gasteiger partial charge in [0.1, 0.15) is 0 Å². The second kappa shape index (κ2) is 12.5. The lowest BCUT2D eigenvalue weighted by Crippen LogP contribution is -2.39. The summed E-state index contributed by atoms with van der Waals surface area (Å²) < 4.78 is 15.9. The normalized spacial score (nSPS) is 21.6. The maximum atomic E-state index is 9.26. The number of nitrogens with zero attached hydrogens (tertiary/aromatic N) is 1. The largest absolute Gasteiger partial charge is 0.396 e. The van der Waals surface area contributed by atoms with Crippen molar-refractivity contribution in [3.05, 3.63) is 0 Å². The summed E-state index contributed by atoms with van der Waals surface area (Å²) in [6.45, 7) is 7.95. The Morgan fingerprint density at radius 3 is 2.83 bits per heavy atom. The second-order valence-electron chi connectivity index (χ2n) is 5.86. The predicted octanol–water partition coefficient (Wildman–Crippen LogP) is 0.384. The standard InChI is InChI=1S/C16H33N3O4/c1-3-17-15(18-7-4-9-22-12-11-21-2)19-13-16(5-8-20)6-10-23-14-16/h20H,3-14H2,1-2H3,(H2,17,18,19). The van der Waals surface area contributed by atoms with Crippen LogP contribution in [0.5, 0.6) is 0 Å². The van der Waals surface area contributed by atoms with Gasteiger partial charge in [-0.2, -0.15) is 0 Å². The SMILES string of the molecule is CCNC(=NCC1(CCO)CCOC1)NCCCOCCOC. The van der Waals surface area contributed by atoms with Gasteiger partial charge in [-0.3, -0.25) is 4.99 Å². The Bertz CT molecular complexity index is 320. The lowest BCUT2D eigenvalue weighted by Gasteiger charge is -2.24. The molecule has 1 unspecified atom stereocenters. The van der Waals surface area contributed by atoms with Gasteiger partial charge in [-0.25, -0.2) is 0 Å². The molecule has 3 N–H and O–H groups in total. The van der Waals surface area contributed by atoms with Crippen LogP contribution in [0.4, 0.5) is 0 Å². The number of guanidine groups is 1. The number of aliphatic imine (C=N–C) groups is 1. The highest BCUT2D eigenvalue weighted by molar-refractivity contribution is 5.79. The Balaban J connectivity index is 2.31. The molecule has 0 bridgehead atoms. The Morgan fingerprint density at radius 2 is 2.17 bits per heavy atom. The van der Waals surface area contributed by atoms with Crippen molar-refractivity contribution < 1.29 is 19.3 Å².